The topological polar surface area (TPSA) is 29.4 Å². The summed E-state index contributed by atoms with van der Waals surface area (Å²) < 4.78 is 16.8. The Kier molecular flexibility index (Phi) is 3.65. The Morgan fingerprint density at radius 2 is 1.29 bits per heavy atom. The van der Waals surface area contributed by atoms with Crippen LogP contribution in [0.1, 0.15) is 0 Å². The largest absolute Gasteiger partial charge is 0.287 e. The van der Waals surface area contributed by atoms with Crippen LogP contribution in [0.3, 0.4) is 0 Å². The average Bonchev–Trinajstić information content (AvgIpc) is 2.41. The SMILES string of the molecule is O=P(N=C=S)(c1ccccc1)c1ccccc1. The molecule has 2 nitrogen and oxygen atoms in total. The molecule has 2 aromatic rings. The molecule has 0 aromatic heterocycles. The molecule has 0 N–H and O–H groups in total. The summed E-state index contributed by atoms with van der Waals surface area (Å²) in [6.07, 6.45) is 0. The molecule has 0 aliphatic rings. The Balaban J connectivity index is 2.64. The Hall–Kier alpha value is -1.53. The number of benzene rings is 2. The smallest absolute Gasteiger partial charge is 0.255 e. The number of rotatable bonds is 3. The number of nitrogens with zero attached hydrogens (tertiary/aromatic N) is 1. The van der Waals surface area contributed by atoms with E-state index in [1.165, 1.54) is 0 Å². The van der Waals surface area contributed by atoms with Gasteiger partial charge in [-0.15, -0.1) is 0 Å². The molecular weight excluding hydrogens is 249 g/mol. The lowest BCUT2D eigenvalue weighted by molar-refractivity contribution is 0.588. The van der Waals surface area contributed by atoms with Crippen molar-refractivity contribution in [1.29, 1.82) is 0 Å². The van der Waals surface area contributed by atoms with Crippen LogP contribution in [0.2, 0.25) is 0 Å². The second-order valence-corrected chi connectivity index (χ2v) is 6.01. The average molecular weight is 259 g/mol. The van der Waals surface area contributed by atoms with Gasteiger partial charge >= 0.3 is 0 Å². The third-order valence-electron chi connectivity index (χ3n) is 2.39. The van der Waals surface area contributed by atoms with Crippen molar-refractivity contribution in [2.45, 2.75) is 0 Å². The van der Waals surface area contributed by atoms with Crippen molar-refractivity contribution >= 4 is 35.3 Å². The molecule has 0 aliphatic heterocycles. The van der Waals surface area contributed by atoms with Crippen molar-refractivity contribution in [1.82, 2.24) is 0 Å². The van der Waals surface area contributed by atoms with E-state index >= 15 is 0 Å². The van der Waals surface area contributed by atoms with Crippen molar-refractivity contribution in [2.24, 2.45) is 4.76 Å². The highest BCUT2D eigenvalue weighted by Gasteiger charge is 2.25. The van der Waals surface area contributed by atoms with Crippen LogP contribution in [-0.2, 0) is 4.57 Å². The van der Waals surface area contributed by atoms with E-state index in [2.05, 4.69) is 22.1 Å². The quantitative estimate of drug-likeness (QED) is 0.481. The zero-order chi connectivity index (χ0) is 12.1. The van der Waals surface area contributed by atoms with E-state index < -0.39 is 7.29 Å². The normalized spacial score (nSPS) is 10.6. The molecule has 0 saturated heterocycles. The maximum Gasteiger partial charge on any atom is 0.255 e. The first kappa shape index (κ1) is 11.9. The van der Waals surface area contributed by atoms with Crippen LogP contribution in [0.15, 0.2) is 65.4 Å². The van der Waals surface area contributed by atoms with Crippen molar-refractivity contribution in [2.75, 3.05) is 0 Å². The summed E-state index contributed by atoms with van der Waals surface area (Å²) in [6, 6.07) is 18.3. The zero-order valence-corrected chi connectivity index (χ0v) is 10.7. The molecule has 0 heterocycles. The number of hydrogen-bond donors (Lipinski definition) is 0. The molecule has 0 bridgehead atoms. The first-order chi connectivity index (χ1) is 8.27. The Bertz CT molecular complexity index is 548. The molecule has 0 radical (unpaired) electrons. The van der Waals surface area contributed by atoms with E-state index in [1.807, 2.05) is 36.4 Å². The number of hydrogen-bond acceptors (Lipinski definition) is 2. The van der Waals surface area contributed by atoms with Gasteiger partial charge in [-0.2, -0.15) is 4.76 Å². The zero-order valence-electron chi connectivity index (χ0n) is 8.98. The Morgan fingerprint density at radius 1 is 0.882 bits per heavy atom. The monoisotopic (exact) mass is 259 g/mol. The summed E-state index contributed by atoms with van der Waals surface area (Å²) in [4.78, 5) is 0. The van der Waals surface area contributed by atoms with Crippen LogP contribution in [-0.4, -0.2) is 5.16 Å². The van der Waals surface area contributed by atoms with Crippen LogP contribution in [0.5, 0.6) is 0 Å². The predicted molar refractivity (Wildman–Crippen MR) is 74.8 cm³/mol. The van der Waals surface area contributed by atoms with Crippen LogP contribution in [0.4, 0.5) is 0 Å². The number of thiocarbonyl (C=S) groups is 1. The first-order valence-electron chi connectivity index (χ1n) is 5.08. The second-order valence-electron chi connectivity index (χ2n) is 3.44. The minimum Gasteiger partial charge on any atom is -0.287 e. The summed E-state index contributed by atoms with van der Waals surface area (Å²) in [5, 5.41) is 3.59. The van der Waals surface area contributed by atoms with Gasteiger partial charge in [-0.1, -0.05) is 36.4 Å². The lowest BCUT2D eigenvalue weighted by Gasteiger charge is -2.12. The standard InChI is InChI=1S/C13H10NOPS/c15-16(14-11-17,12-7-3-1-4-8-12)13-9-5-2-6-10-13/h1-10H. The molecule has 0 amide bonds. The lowest BCUT2D eigenvalue weighted by Crippen LogP contribution is -2.13. The molecular formula is C13H10NOPS. The van der Waals surface area contributed by atoms with E-state index in [0.29, 0.717) is 10.6 Å². The molecule has 2 aromatic carbocycles. The van der Waals surface area contributed by atoms with Gasteiger partial charge in [-0.25, -0.2) is 0 Å². The van der Waals surface area contributed by atoms with Gasteiger partial charge in [0.2, 0.25) is 0 Å². The van der Waals surface area contributed by atoms with Gasteiger partial charge < -0.3 is 0 Å². The van der Waals surface area contributed by atoms with Crippen LogP contribution in [0, 0.1) is 0 Å². The summed E-state index contributed by atoms with van der Waals surface area (Å²) in [5.74, 6) is 0. The first-order valence-corrected chi connectivity index (χ1v) is 7.15. The fraction of sp³-hybridized carbons (Fsp3) is 0. The fourth-order valence-corrected chi connectivity index (χ4v) is 3.72. The van der Waals surface area contributed by atoms with E-state index in [1.54, 1.807) is 24.3 Å². The van der Waals surface area contributed by atoms with Gasteiger partial charge in [-0.05, 0) is 36.5 Å². The molecule has 0 saturated carbocycles. The van der Waals surface area contributed by atoms with Crippen molar-refractivity contribution in [3.63, 3.8) is 0 Å². The highest BCUT2D eigenvalue weighted by Crippen LogP contribution is 2.44. The molecule has 84 valence electrons. The molecule has 0 fully saturated rings. The Labute approximate surface area is 105 Å². The third-order valence-corrected chi connectivity index (χ3v) is 5.00. The van der Waals surface area contributed by atoms with E-state index in [0.717, 1.165) is 0 Å². The Morgan fingerprint density at radius 3 is 1.65 bits per heavy atom. The maximum absolute atomic E-state index is 12.9. The highest BCUT2D eigenvalue weighted by atomic mass is 32.1. The summed E-state index contributed by atoms with van der Waals surface area (Å²) in [6.45, 7) is 0. The van der Waals surface area contributed by atoms with Gasteiger partial charge in [0.15, 0.2) is 0 Å². The van der Waals surface area contributed by atoms with Crippen LogP contribution >= 0.6 is 19.5 Å². The van der Waals surface area contributed by atoms with E-state index in [-0.39, 0.29) is 0 Å². The van der Waals surface area contributed by atoms with Gasteiger partial charge in [-0.3, -0.25) is 4.57 Å². The minimum absolute atomic E-state index is 0.670. The second kappa shape index (κ2) is 5.20. The van der Waals surface area contributed by atoms with Gasteiger partial charge in [0.05, 0.1) is 5.16 Å². The number of isothiocyanates is 1. The van der Waals surface area contributed by atoms with E-state index in [4.69, 9.17) is 0 Å². The molecule has 0 unspecified atom stereocenters. The summed E-state index contributed by atoms with van der Waals surface area (Å²) in [7, 11) is -3.01. The molecule has 0 aliphatic carbocycles. The molecule has 0 atom stereocenters. The van der Waals surface area contributed by atoms with E-state index in [9.17, 15) is 4.57 Å². The van der Waals surface area contributed by atoms with Gasteiger partial charge in [0.1, 0.15) is 0 Å². The summed E-state index contributed by atoms with van der Waals surface area (Å²) >= 11 is 4.61. The third kappa shape index (κ3) is 2.42. The maximum atomic E-state index is 12.9. The molecule has 0 spiro atoms. The van der Waals surface area contributed by atoms with Gasteiger partial charge in [0, 0.05) is 10.6 Å². The molecule has 4 heteroatoms. The van der Waals surface area contributed by atoms with Crippen LogP contribution < -0.4 is 10.6 Å². The predicted octanol–water partition coefficient (Wildman–Crippen LogP) is 3.02. The minimum atomic E-state index is -3.01. The highest BCUT2D eigenvalue weighted by molar-refractivity contribution is 7.81. The van der Waals surface area contributed by atoms with Crippen molar-refractivity contribution in [3.05, 3.63) is 60.7 Å². The molecule has 2 rings (SSSR count). The molecule has 17 heavy (non-hydrogen) atoms. The van der Waals surface area contributed by atoms with Crippen molar-refractivity contribution in [3.8, 4) is 0 Å². The lowest BCUT2D eigenvalue weighted by atomic mass is 10.4. The van der Waals surface area contributed by atoms with Crippen molar-refractivity contribution < 1.29 is 4.57 Å². The van der Waals surface area contributed by atoms with Gasteiger partial charge in [0.25, 0.3) is 7.29 Å². The fourth-order valence-electron chi connectivity index (χ4n) is 1.58. The van der Waals surface area contributed by atoms with Crippen LogP contribution in [0.25, 0.3) is 0 Å². The summed E-state index contributed by atoms with van der Waals surface area (Å²) in [5.41, 5.74) is 0.